The highest BCUT2D eigenvalue weighted by Crippen LogP contribution is 2.22. The Morgan fingerprint density at radius 3 is 2.42 bits per heavy atom. The number of para-hydroxylation sites is 1. The van der Waals surface area contributed by atoms with E-state index in [-0.39, 0.29) is 6.61 Å². The highest BCUT2D eigenvalue weighted by atomic mass is 16.5. The van der Waals surface area contributed by atoms with Crippen molar-refractivity contribution in [3.8, 4) is 5.75 Å². The summed E-state index contributed by atoms with van der Waals surface area (Å²) >= 11 is 0. The third-order valence-electron chi connectivity index (χ3n) is 3.35. The lowest BCUT2D eigenvalue weighted by Gasteiger charge is -2.13. The lowest BCUT2D eigenvalue weighted by molar-refractivity contribution is 0.0527. The summed E-state index contributed by atoms with van der Waals surface area (Å²) in [4.78, 5) is 24.1. The molecule has 0 heterocycles. The summed E-state index contributed by atoms with van der Waals surface area (Å²) in [5.74, 6) is 0.236. The van der Waals surface area contributed by atoms with Crippen molar-refractivity contribution in [2.45, 2.75) is 13.8 Å². The van der Waals surface area contributed by atoms with Crippen LogP contribution in [0.4, 0.5) is 16.2 Å². The lowest BCUT2D eigenvalue weighted by atomic mass is 10.2. The molecule has 126 valence electrons. The fourth-order valence-corrected chi connectivity index (χ4v) is 2.16. The highest BCUT2D eigenvalue weighted by Gasteiger charge is 2.14. The first kappa shape index (κ1) is 17.3. The van der Waals surface area contributed by atoms with Crippen LogP contribution in [0.1, 0.15) is 22.8 Å². The molecule has 0 aromatic heterocycles. The van der Waals surface area contributed by atoms with Crippen LogP contribution in [-0.2, 0) is 4.74 Å². The van der Waals surface area contributed by atoms with Crippen LogP contribution in [-0.4, -0.2) is 25.7 Å². The number of hydrogen-bond acceptors (Lipinski definition) is 4. The second-order valence-electron chi connectivity index (χ2n) is 5.03. The molecule has 0 bridgehead atoms. The molecule has 0 saturated heterocycles. The number of amides is 2. The van der Waals surface area contributed by atoms with Gasteiger partial charge < -0.3 is 20.1 Å². The molecule has 6 nitrogen and oxygen atoms in total. The minimum absolute atomic E-state index is 0.268. The van der Waals surface area contributed by atoms with Crippen LogP contribution >= 0.6 is 0 Å². The number of methoxy groups -OCH3 is 1. The maximum absolute atomic E-state index is 12.2. The zero-order valence-electron chi connectivity index (χ0n) is 13.9. The summed E-state index contributed by atoms with van der Waals surface area (Å²) in [6, 6.07) is 11.6. The summed E-state index contributed by atoms with van der Waals surface area (Å²) in [5, 5.41) is 5.42. The SMILES string of the molecule is CCOC(=O)c1ccccc1NC(=O)Nc1ccc(OC)cc1C. The van der Waals surface area contributed by atoms with Crippen LogP contribution in [0.5, 0.6) is 5.75 Å². The molecule has 0 spiro atoms. The summed E-state index contributed by atoms with van der Waals surface area (Å²) in [6.45, 7) is 3.86. The Morgan fingerprint density at radius 2 is 1.75 bits per heavy atom. The van der Waals surface area contributed by atoms with E-state index in [0.29, 0.717) is 22.7 Å². The standard InChI is InChI=1S/C18H20N2O4/c1-4-24-17(21)14-7-5-6-8-16(14)20-18(22)19-15-10-9-13(23-3)11-12(15)2/h5-11H,4H2,1-3H3,(H2,19,20,22). The highest BCUT2D eigenvalue weighted by molar-refractivity contribution is 6.05. The van der Waals surface area contributed by atoms with Gasteiger partial charge in [0.05, 0.1) is 25.0 Å². The number of nitrogens with one attached hydrogen (secondary N) is 2. The fraction of sp³-hybridized carbons (Fsp3) is 0.222. The van der Waals surface area contributed by atoms with Crippen LogP contribution in [0.2, 0.25) is 0 Å². The normalized spacial score (nSPS) is 9.96. The Balaban J connectivity index is 2.12. The van der Waals surface area contributed by atoms with Gasteiger partial charge in [0.2, 0.25) is 0 Å². The van der Waals surface area contributed by atoms with Crippen molar-refractivity contribution in [3.63, 3.8) is 0 Å². The Bertz CT molecular complexity index is 744. The second-order valence-corrected chi connectivity index (χ2v) is 5.03. The maximum atomic E-state index is 12.2. The van der Waals surface area contributed by atoms with E-state index in [0.717, 1.165) is 5.56 Å². The van der Waals surface area contributed by atoms with Gasteiger partial charge in [0, 0.05) is 5.69 Å². The van der Waals surface area contributed by atoms with Crippen LogP contribution in [0.25, 0.3) is 0 Å². The number of carbonyl (C=O) groups is 2. The number of carbonyl (C=O) groups excluding carboxylic acids is 2. The first-order valence-electron chi connectivity index (χ1n) is 7.54. The predicted molar refractivity (Wildman–Crippen MR) is 92.8 cm³/mol. The van der Waals surface area contributed by atoms with Gasteiger partial charge in [-0.15, -0.1) is 0 Å². The van der Waals surface area contributed by atoms with Crippen molar-refractivity contribution in [3.05, 3.63) is 53.6 Å². The zero-order valence-corrected chi connectivity index (χ0v) is 13.9. The van der Waals surface area contributed by atoms with Crippen LogP contribution < -0.4 is 15.4 Å². The quantitative estimate of drug-likeness (QED) is 0.818. The topological polar surface area (TPSA) is 76.7 Å². The number of esters is 1. The molecule has 0 fully saturated rings. The molecule has 0 saturated carbocycles. The van der Waals surface area contributed by atoms with Crippen LogP contribution in [0.15, 0.2) is 42.5 Å². The Labute approximate surface area is 140 Å². The van der Waals surface area contributed by atoms with Gasteiger partial charge in [0.1, 0.15) is 5.75 Å². The number of rotatable bonds is 5. The molecular formula is C18H20N2O4. The Morgan fingerprint density at radius 1 is 1.04 bits per heavy atom. The number of benzene rings is 2. The summed E-state index contributed by atoms with van der Waals surface area (Å²) in [6.07, 6.45) is 0. The predicted octanol–water partition coefficient (Wildman–Crippen LogP) is 3.82. The molecule has 2 N–H and O–H groups in total. The van der Waals surface area contributed by atoms with Crippen molar-refractivity contribution < 1.29 is 19.1 Å². The van der Waals surface area contributed by atoms with Gasteiger partial charge in [0.25, 0.3) is 0 Å². The molecule has 2 amide bonds. The molecule has 2 aromatic rings. The maximum Gasteiger partial charge on any atom is 0.340 e. The van der Waals surface area contributed by atoms with Crippen molar-refractivity contribution in [1.82, 2.24) is 0 Å². The summed E-state index contributed by atoms with van der Waals surface area (Å²) < 4.78 is 10.1. The van der Waals surface area contributed by atoms with E-state index >= 15 is 0 Å². The van der Waals surface area contributed by atoms with Gasteiger partial charge in [-0.05, 0) is 49.7 Å². The molecule has 2 aromatic carbocycles. The molecule has 0 aliphatic rings. The van der Waals surface area contributed by atoms with Crippen molar-refractivity contribution in [2.24, 2.45) is 0 Å². The largest absolute Gasteiger partial charge is 0.497 e. The number of anilines is 2. The van der Waals surface area contributed by atoms with E-state index in [4.69, 9.17) is 9.47 Å². The summed E-state index contributed by atoms with van der Waals surface area (Å²) in [7, 11) is 1.58. The molecule has 6 heteroatoms. The molecule has 24 heavy (non-hydrogen) atoms. The van der Waals surface area contributed by atoms with Crippen molar-refractivity contribution >= 4 is 23.4 Å². The van der Waals surface area contributed by atoms with E-state index in [1.54, 1.807) is 50.4 Å². The number of urea groups is 1. The Kier molecular flexibility index (Phi) is 5.78. The van der Waals surface area contributed by atoms with Gasteiger partial charge in [-0.3, -0.25) is 0 Å². The number of aryl methyl sites for hydroxylation is 1. The average molecular weight is 328 g/mol. The first-order chi connectivity index (χ1) is 11.5. The minimum Gasteiger partial charge on any atom is -0.497 e. The Hall–Kier alpha value is -3.02. The van der Waals surface area contributed by atoms with E-state index in [1.807, 2.05) is 13.0 Å². The molecule has 0 atom stereocenters. The third kappa shape index (κ3) is 4.25. The van der Waals surface area contributed by atoms with Crippen LogP contribution in [0.3, 0.4) is 0 Å². The average Bonchev–Trinajstić information content (AvgIpc) is 2.57. The minimum atomic E-state index is -0.478. The van der Waals surface area contributed by atoms with Gasteiger partial charge in [0.15, 0.2) is 0 Å². The summed E-state index contributed by atoms with van der Waals surface area (Å²) in [5.41, 5.74) is 2.21. The molecule has 0 unspecified atom stereocenters. The molecule has 0 radical (unpaired) electrons. The van der Waals surface area contributed by atoms with Gasteiger partial charge in [-0.2, -0.15) is 0 Å². The van der Waals surface area contributed by atoms with E-state index in [2.05, 4.69) is 10.6 Å². The first-order valence-corrected chi connectivity index (χ1v) is 7.54. The number of hydrogen-bond donors (Lipinski definition) is 2. The second kappa shape index (κ2) is 8.01. The molecule has 0 aliphatic heterocycles. The molecular weight excluding hydrogens is 308 g/mol. The number of ether oxygens (including phenoxy) is 2. The van der Waals surface area contributed by atoms with Crippen molar-refractivity contribution in [1.29, 1.82) is 0 Å². The van der Waals surface area contributed by atoms with Gasteiger partial charge in [-0.25, -0.2) is 9.59 Å². The lowest BCUT2D eigenvalue weighted by Crippen LogP contribution is -2.21. The molecule has 0 aliphatic carbocycles. The molecule has 2 rings (SSSR count). The van der Waals surface area contributed by atoms with Crippen molar-refractivity contribution in [2.75, 3.05) is 24.4 Å². The van der Waals surface area contributed by atoms with E-state index in [1.165, 1.54) is 0 Å². The zero-order chi connectivity index (χ0) is 17.5. The van der Waals surface area contributed by atoms with E-state index < -0.39 is 12.0 Å². The van der Waals surface area contributed by atoms with E-state index in [9.17, 15) is 9.59 Å². The van der Waals surface area contributed by atoms with Crippen LogP contribution in [0, 0.1) is 6.92 Å². The van der Waals surface area contributed by atoms with Gasteiger partial charge >= 0.3 is 12.0 Å². The fourth-order valence-electron chi connectivity index (χ4n) is 2.16. The monoisotopic (exact) mass is 328 g/mol. The van der Waals surface area contributed by atoms with Gasteiger partial charge in [-0.1, -0.05) is 12.1 Å². The third-order valence-corrected chi connectivity index (χ3v) is 3.35. The smallest absolute Gasteiger partial charge is 0.340 e.